The van der Waals surface area contributed by atoms with Gasteiger partial charge in [0.15, 0.2) is 0 Å². The van der Waals surface area contributed by atoms with Gasteiger partial charge in [0.1, 0.15) is 0 Å². The Bertz CT molecular complexity index is 223. The number of nitrogens with one attached hydrogen (secondary N) is 1. The fourth-order valence-electron chi connectivity index (χ4n) is 2.83. The smallest absolute Gasteiger partial charge is 0.0605 e. The highest BCUT2D eigenvalue weighted by Gasteiger charge is 2.28. The van der Waals surface area contributed by atoms with Gasteiger partial charge in [-0.25, -0.2) is 0 Å². The first kappa shape index (κ1) is 14.3. The molecule has 1 heterocycles. The van der Waals surface area contributed by atoms with Gasteiger partial charge in [0, 0.05) is 38.8 Å². The van der Waals surface area contributed by atoms with Crippen LogP contribution in [0.3, 0.4) is 0 Å². The molecule has 1 saturated carbocycles. The monoisotopic (exact) mass is 255 g/mol. The number of ether oxygens (including phenoxy) is 1. The van der Waals surface area contributed by atoms with E-state index in [-0.39, 0.29) is 0 Å². The van der Waals surface area contributed by atoms with Crippen molar-refractivity contribution in [2.24, 2.45) is 0 Å². The van der Waals surface area contributed by atoms with E-state index in [0.717, 1.165) is 19.7 Å². The van der Waals surface area contributed by atoms with Crippen LogP contribution in [0.5, 0.6) is 0 Å². The van der Waals surface area contributed by atoms with Gasteiger partial charge >= 0.3 is 0 Å². The van der Waals surface area contributed by atoms with Gasteiger partial charge in [-0.15, -0.1) is 0 Å². The first-order valence-electron chi connectivity index (χ1n) is 7.61. The predicted molar refractivity (Wildman–Crippen MR) is 75.0 cm³/mol. The van der Waals surface area contributed by atoms with E-state index in [4.69, 9.17) is 4.74 Å². The maximum Gasteiger partial charge on any atom is 0.0605 e. The third kappa shape index (κ3) is 4.19. The molecule has 1 aliphatic carbocycles. The lowest BCUT2D eigenvalue weighted by Gasteiger charge is -2.37. The van der Waals surface area contributed by atoms with Crippen molar-refractivity contribution in [1.82, 2.24) is 15.1 Å². The fraction of sp³-hybridized carbons (Fsp3) is 1.00. The topological polar surface area (TPSA) is 27.7 Å². The standard InChI is InChI=1S/C14H29N3O/c1-3-15-13-11-14(12-13)18-10-9-17-7-5-16(4-2)6-8-17/h13-15H,3-12H2,1-2H3. The molecule has 2 aliphatic rings. The molecule has 0 aromatic heterocycles. The van der Waals surface area contributed by atoms with Crippen LogP contribution in [0, 0.1) is 0 Å². The normalized spacial score (nSPS) is 30.3. The average molecular weight is 255 g/mol. The van der Waals surface area contributed by atoms with E-state index in [2.05, 4.69) is 29.0 Å². The number of hydrogen-bond donors (Lipinski definition) is 1. The molecule has 1 saturated heterocycles. The maximum atomic E-state index is 5.92. The minimum Gasteiger partial charge on any atom is -0.377 e. The van der Waals surface area contributed by atoms with Crippen molar-refractivity contribution in [2.75, 3.05) is 52.4 Å². The first-order valence-corrected chi connectivity index (χ1v) is 7.61. The van der Waals surface area contributed by atoms with Gasteiger partial charge in [-0.1, -0.05) is 13.8 Å². The molecule has 0 bridgehead atoms. The minimum atomic E-state index is 0.519. The van der Waals surface area contributed by atoms with Gasteiger partial charge in [0.2, 0.25) is 0 Å². The van der Waals surface area contributed by atoms with Crippen LogP contribution in [0.25, 0.3) is 0 Å². The van der Waals surface area contributed by atoms with E-state index in [1.165, 1.54) is 45.6 Å². The van der Waals surface area contributed by atoms with E-state index in [0.29, 0.717) is 12.1 Å². The molecule has 0 unspecified atom stereocenters. The molecule has 0 aromatic carbocycles. The van der Waals surface area contributed by atoms with Gasteiger partial charge in [0.25, 0.3) is 0 Å². The zero-order valence-corrected chi connectivity index (χ0v) is 12.0. The zero-order valence-electron chi connectivity index (χ0n) is 12.0. The van der Waals surface area contributed by atoms with Crippen LogP contribution in [0.2, 0.25) is 0 Å². The number of nitrogens with zero attached hydrogens (tertiary/aromatic N) is 2. The van der Waals surface area contributed by atoms with Crippen molar-refractivity contribution in [3.05, 3.63) is 0 Å². The average Bonchev–Trinajstić information content (AvgIpc) is 2.36. The highest BCUT2D eigenvalue weighted by atomic mass is 16.5. The Morgan fingerprint density at radius 3 is 2.33 bits per heavy atom. The number of piperazine rings is 1. The Morgan fingerprint density at radius 1 is 1.06 bits per heavy atom. The lowest BCUT2D eigenvalue weighted by atomic mass is 9.89. The van der Waals surface area contributed by atoms with E-state index < -0.39 is 0 Å². The quantitative estimate of drug-likeness (QED) is 0.728. The van der Waals surface area contributed by atoms with Crippen molar-refractivity contribution in [3.63, 3.8) is 0 Å². The Morgan fingerprint density at radius 2 is 1.72 bits per heavy atom. The maximum absolute atomic E-state index is 5.92. The second-order valence-electron chi connectivity index (χ2n) is 5.49. The van der Waals surface area contributed by atoms with Crippen LogP contribution >= 0.6 is 0 Å². The highest BCUT2D eigenvalue weighted by Crippen LogP contribution is 2.22. The summed E-state index contributed by atoms with van der Waals surface area (Å²) in [6.45, 7) is 13.6. The van der Waals surface area contributed by atoms with Gasteiger partial charge in [-0.2, -0.15) is 0 Å². The molecule has 0 aromatic rings. The van der Waals surface area contributed by atoms with Gasteiger partial charge < -0.3 is 15.0 Å². The molecule has 2 fully saturated rings. The third-order valence-electron chi connectivity index (χ3n) is 4.26. The highest BCUT2D eigenvalue weighted by molar-refractivity contribution is 4.85. The molecular weight excluding hydrogens is 226 g/mol. The SMILES string of the molecule is CCNC1CC(OCCN2CCN(CC)CC2)C1. The Hall–Kier alpha value is -0.160. The Kier molecular flexibility index (Phi) is 5.89. The van der Waals surface area contributed by atoms with Gasteiger partial charge in [0.05, 0.1) is 12.7 Å². The summed E-state index contributed by atoms with van der Waals surface area (Å²) >= 11 is 0. The molecule has 106 valence electrons. The van der Waals surface area contributed by atoms with Crippen molar-refractivity contribution in [1.29, 1.82) is 0 Å². The summed E-state index contributed by atoms with van der Waals surface area (Å²) in [7, 11) is 0. The van der Waals surface area contributed by atoms with Crippen molar-refractivity contribution in [2.45, 2.75) is 38.8 Å². The lowest BCUT2D eigenvalue weighted by molar-refractivity contribution is -0.0272. The summed E-state index contributed by atoms with van der Waals surface area (Å²) in [5.41, 5.74) is 0. The van der Waals surface area contributed by atoms with Crippen molar-refractivity contribution >= 4 is 0 Å². The second-order valence-corrected chi connectivity index (χ2v) is 5.49. The molecule has 4 heteroatoms. The third-order valence-corrected chi connectivity index (χ3v) is 4.26. The van der Waals surface area contributed by atoms with Crippen LogP contribution < -0.4 is 5.32 Å². The Labute approximate surface area is 112 Å². The summed E-state index contributed by atoms with van der Waals surface area (Å²) in [5.74, 6) is 0. The summed E-state index contributed by atoms with van der Waals surface area (Å²) in [4.78, 5) is 5.05. The first-order chi connectivity index (χ1) is 8.81. The number of hydrogen-bond acceptors (Lipinski definition) is 4. The van der Waals surface area contributed by atoms with Crippen LogP contribution in [-0.2, 0) is 4.74 Å². The van der Waals surface area contributed by atoms with Crippen LogP contribution in [0.1, 0.15) is 26.7 Å². The molecule has 0 radical (unpaired) electrons. The molecule has 2 rings (SSSR count). The zero-order chi connectivity index (χ0) is 12.8. The molecule has 0 atom stereocenters. The van der Waals surface area contributed by atoms with E-state index in [9.17, 15) is 0 Å². The van der Waals surface area contributed by atoms with Crippen LogP contribution in [0.15, 0.2) is 0 Å². The van der Waals surface area contributed by atoms with E-state index >= 15 is 0 Å². The van der Waals surface area contributed by atoms with E-state index in [1.807, 2.05) is 0 Å². The summed E-state index contributed by atoms with van der Waals surface area (Å²) < 4.78 is 5.92. The summed E-state index contributed by atoms with van der Waals surface area (Å²) in [5, 5.41) is 3.47. The number of rotatable bonds is 7. The molecule has 4 nitrogen and oxygen atoms in total. The summed E-state index contributed by atoms with van der Waals surface area (Å²) in [6.07, 6.45) is 2.93. The van der Waals surface area contributed by atoms with Crippen molar-refractivity contribution < 1.29 is 4.74 Å². The second kappa shape index (κ2) is 7.43. The predicted octanol–water partition coefficient (Wildman–Crippen LogP) is 0.781. The largest absolute Gasteiger partial charge is 0.377 e. The van der Waals surface area contributed by atoms with Gasteiger partial charge in [-0.3, -0.25) is 4.90 Å². The molecular formula is C14H29N3O. The number of likely N-dealkylation sites (N-methyl/N-ethyl adjacent to an activating group) is 1. The molecule has 18 heavy (non-hydrogen) atoms. The van der Waals surface area contributed by atoms with Crippen LogP contribution in [0.4, 0.5) is 0 Å². The molecule has 1 N–H and O–H groups in total. The molecule has 0 amide bonds. The molecule has 0 spiro atoms. The van der Waals surface area contributed by atoms with Crippen molar-refractivity contribution in [3.8, 4) is 0 Å². The lowest BCUT2D eigenvalue weighted by Crippen LogP contribution is -2.48. The van der Waals surface area contributed by atoms with E-state index in [1.54, 1.807) is 0 Å². The molecule has 1 aliphatic heterocycles. The van der Waals surface area contributed by atoms with Gasteiger partial charge in [-0.05, 0) is 25.9 Å². The fourth-order valence-corrected chi connectivity index (χ4v) is 2.83. The Balaban J connectivity index is 1.47. The summed E-state index contributed by atoms with van der Waals surface area (Å²) in [6, 6.07) is 0.716. The van der Waals surface area contributed by atoms with Crippen LogP contribution in [-0.4, -0.2) is 74.4 Å². The minimum absolute atomic E-state index is 0.519.